The van der Waals surface area contributed by atoms with Crippen molar-refractivity contribution in [1.82, 2.24) is 10.6 Å². The maximum absolute atomic E-state index is 12.5. The first-order chi connectivity index (χ1) is 7.35. The molecule has 0 saturated carbocycles. The van der Waals surface area contributed by atoms with Crippen LogP contribution < -0.4 is 10.6 Å². The van der Waals surface area contributed by atoms with Crippen molar-refractivity contribution in [2.75, 3.05) is 19.6 Å². The number of hydrogen-bond donors (Lipinski definition) is 3. The smallest absolute Gasteiger partial charge is 0.383 e. The molecule has 1 fully saturated rings. The molecule has 3 N–H and O–H groups in total. The second kappa shape index (κ2) is 6.36. The molecule has 0 spiro atoms. The van der Waals surface area contributed by atoms with E-state index >= 15 is 0 Å². The van der Waals surface area contributed by atoms with Crippen molar-refractivity contribution in [3.8, 4) is 0 Å². The summed E-state index contributed by atoms with van der Waals surface area (Å²) >= 11 is 0. The maximum atomic E-state index is 12.5. The number of hydrogen-bond acceptors (Lipinski definition) is 3. The molecule has 102 valence electrons. The van der Waals surface area contributed by atoms with Crippen LogP contribution in [0.2, 0.25) is 0 Å². The summed E-state index contributed by atoms with van der Waals surface area (Å²) in [6.45, 7) is 0.392. The van der Waals surface area contributed by atoms with Gasteiger partial charge >= 0.3 is 12.3 Å². The molecule has 0 aliphatic carbocycles. The van der Waals surface area contributed by atoms with E-state index in [0.717, 1.165) is 0 Å². The lowest BCUT2D eigenvalue weighted by Crippen LogP contribution is -2.47. The Labute approximate surface area is 101 Å². The summed E-state index contributed by atoms with van der Waals surface area (Å²) in [5.74, 6) is -7.13. The van der Waals surface area contributed by atoms with Crippen molar-refractivity contribution in [3.63, 3.8) is 0 Å². The topological polar surface area (TPSA) is 61.4 Å². The van der Waals surface area contributed by atoms with E-state index in [9.17, 15) is 27.5 Å². The summed E-state index contributed by atoms with van der Waals surface area (Å²) in [4.78, 5) is 10.7. The average molecular weight is 281 g/mol. The quantitative estimate of drug-likeness (QED) is 0.636. The van der Waals surface area contributed by atoms with Crippen molar-refractivity contribution in [2.45, 2.75) is 18.5 Å². The second-order valence-electron chi connectivity index (χ2n) is 3.62. The lowest BCUT2D eigenvalue weighted by atomic mass is 10.1. The average Bonchev–Trinajstić information content (AvgIpc) is 2.60. The molecule has 1 heterocycles. The van der Waals surface area contributed by atoms with E-state index in [4.69, 9.17) is 0 Å². The number of β-amino-alcohol motifs (C(OH)–C–C–N with tert-alkyl or cyclic N) is 1. The molecule has 1 aliphatic rings. The van der Waals surface area contributed by atoms with Gasteiger partial charge in [-0.25, -0.2) is 8.78 Å². The zero-order valence-electron chi connectivity index (χ0n) is 8.63. The van der Waals surface area contributed by atoms with Gasteiger partial charge in [0, 0.05) is 25.6 Å². The summed E-state index contributed by atoms with van der Waals surface area (Å²) in [7, 11) is 0. The van der Waals surface area contributed by atoms with Crippen LogP contribution in [0.4, 0.5) is 17.6 Å². The van der Waals surface area contributed by atoms with E-state index in [1.54, 1.807) is 5.32 Å². The van der Waals surface area contributed by atoms with Gasteiger partial charge in [0.15, 0.2) is 0 Å². The third-order valence-corrected chi connectivity index (χ3v) is 2.41. The van der Waals surface area contributed by atoms with E-state index in [1.165, 1.54) is 0 Å². The number of nitrogens with one attached hydrogen (secondary N) is 2. The van der Waals surface area contributed by atoms with Crippen LogP contribution in [-0.2, 0) is 4.79 Å². The van der Waals surface area contributed by atoms with Gasteiger partial charge in [0.1, 0.15) is 0 Å². The molecule has 1 saturated heterocycles. The second-order valence-corrected chi connectivity index (χ2v) is 3.62. The fourth-order valence-electron chi connectivity index (χ4n) is 1.37. The number of carbonyl (C=O) groups excluding carboxylic acids is 1. The molecular weight excluding hydrogens is 268 g/mol. The number of carbonyl (C=O) groups is 1. The zero-order valence-corrected chi connectivity index (χ0v) is 9.45. The molecule has 0 bridgehead atoms. The van der Waals surface area contributed by atoms with Gasteiger partial charge in [-0.05, 0) is 0 Å². The highest BCUT2D eigenvalue weighted by Crippen LogP contribution is 2.22. The number of rotatable bonds is 4. The molecule has 0 radical (unpaired) electrons. The number of alkyl halides is 4. The number of halogens is 5. The van der Waals surface area contributed by atoms with Crippen LogP contribution in [0.25, 0.3) is 0 Å². The van der Waals surface area contributed by atoms with Crippen molar-refractivity contribution >= 4 is 18.3 Å². The monoisotopic (exact) mass is 280 g/mol. The number of aliphatic hydroxyl groups excluding tert-OH is 1. The van der Waals surface area contributed by atoms with Crippen LogP contribution in [0.3, 0.4) is 0 Å². The minimum Gasteiger partial charge on any atom is -0.391 e. The summed E-state index contributed by atoms with van der Waals surface area (Å²) < 4.78 is 48.5. The molecule has 0 aromatic carbocycles. The normalized spacial score (nSPS) is 24.6. The van der Waals surface area contributed by atoms with Gasteiger partial charge < -0.3 is 15.7 Å². The van der Waals surface area contributed by atoms with Gasteiger partial charge in [0.2, 0.25) is 0 Å². The number of amides is 1. The third-order valence-electron chi connectivity index (χ3n) is 2.41. The molecule has 1 rings (SSSR count). The Bertz CT molecular complexity index is 268. The van der Waals surface area contributed by atoms with Gasteiger partial charge in [0.25, 0.3) is 5.91 Å². The minimum atomic E-state index is -4.68. The molecule has 17 heavy (non-hydrogen) atoms. The Morgan fingerprint density at radius 2 is 2.06 bits per heavy atom. The largest absolute Gasteiger partial charge is 0.391 e. The van der Waals surface area contributed by atoms with Crippen LogP contribution in [0.15, 0.2) is 0 Å². The first kappa shape index (κ1) is 16.4. The van der Waals surface area contributed by atoms with Crippen LogP contribution in [0.1, 0.15) is 0 Å². The Hall–Kier alpha value is -0.600. The third kappa shape index (κ3) is 3.97. The first-order valence-corrected chi connectivity index (χ1v) is 4.68. The molecule has 0 aromatic rings. The predicted molar refractivity (Wildman–Crippen MR) is 53.6 cm³/mol. The zero-order chi connectivity index (χ0) is 12.3. The molecule has 1 aliphatic heterocycles. The highest BCUT2D eigenvalue weighted by atomic mass is 35.5. The van der Waals surface area contributed by atoms with Crippen molar-refractivity contribution in [1.29, 1.82) is 0 Å². The van der Waals surface area contributed by atoms with Gasteiger partial charge in [0.05, 0.1) is 6.10 Å². The fourth-order valence-corrected chi connectivity index (χ4v) is 1.37. The van der Waals surface area contributed by atoms with Crippen molar-refractivity contribution in [2.24, 2.45) is 5.92 Å². The SMILES string of the molecule is Cl.O=C(NCC1CNCC1O)C(F)(F)C(F)F. The molecule has 0 aromatic heterocycles. The molecule has 1 amide bonds. The summed E-state index contributed by atoms with van der Waals surface area (Å²) in [5.41, 5.74) is 0. The maximum Gasteiger partial charge on any atom is 0.383 e. The Kier molecular flexibility index (Phi) is 6.14. The van der Waals surface area contributed by atoms with Crippen LogP contribution >= 0.6 is 12.4 Å². The van der Waals surface area contributed by atoms with E-state index in [2.05, 4.69) is 5.32 Å². The van der Waals surface area contributed by atoms with Crippen LogP contribution in [0.5, 0.6) is 0 Å². The van der Waals surface area contributed by atoms with Gasteiger partial charge in [-0.2, -0.15) is 8.78 Å². The molecule has 9 heteroatoms. The lowest BCUT2D eigenvalue weighted by Gasteiger charge is -2.18. The number of aliphatic hydroxyl groups is 1. The van der Waals surface area contributed by atoms with Gasteiger partial charge in [-0.3, -0.25) is 4.79 Å². The van der Waals surface area contributed by atoms with Crippen molar-refractivity contribution in [3.05, 3.63) is 0 Å². The Balaban J connectivity index is 0.00000256. The van der Waals surface area contributed by atoms with Gasteiger partial charge in [-0.1, -0.05) is 0 Å². The molecular formula is C8H13ClF4N2O2. The van der Waals surface area contributed by atoms with Crippen LogP contribution in [-0.4, -0.2) is 49.1 Å². The van der Waals surface area contributed by atoms with E-state index in [-0.39, 0.29) is 19.0 Å². The summed E-state index contributed by atoms with van der Waals surface area (Å²) in [6.07, 6.45) is -4.79. The Morgan fingerprint density at radius 3 is 2.47 bits per heavy atom. The fraction of sp³-hybridized carbons (Fsp3) is 0.875. The molecule has 2 unspecified atom stereocenters. The van der Waals surface area contributed by atoms with E-state index < -0.39 is 30.3 Å². The minimum absolute atomic E-state index is 0. The van der Waals surface area contributed by atoms with Crippen molar-refractivity contribution < 1.29 is 27.5 Å². The lowest BCUT2D eigenvalue weighted by molar-refractivity contribution is -0.169. The highest BCUT2D eigenvalue weighted by Gasteiger charge is 2.49. The standard InChI is InChI=1S/C8H12F4N2O2.ClH/c9-6(10)8(11,12)7(16)14-2-4-1-13-3-5(4)15;/h4-6,13,15H,1-3H2,(H,14,16);1H. The van der Waals surface area contributed by atoms with Crippen LogP contribution in [0, 0.1) is 5.92 Å². The van der Waals surface area contributed by atoms with E-state index in [0.29, 0.717) is 13.1 Å². The van der Waals surface area contributed by atoms with E-state index in [1.807, 2.05) is 0 Å². The first-order valence-electron chi connectivity index (χ1n) is 4.68. The molecule has 4 nitrogen and oxygen atoms in total. The highest BCUT2D eigenvalue weighted by molar-refractivity contribution is 5.85. The Morgan fingerprint density at radius 1 is 1.47 bits per heavy atom. The molecule has 2 atom stereocenters. The summed E-state index contributed by atoms with van der Waals surface area (Å²) in [6, 6.07) is 0. The van der Waals surface area contributed by atoms with Gasteiger partial charge in [-0.15, -0.1) is 12.4 Å². The summed E-state index contributed by atoms with van der Waals surface area (Å²) in [5, 5.41) is 13.7. The predicted octanol–water partition coefficient (Wildman–Crippen LogP) is 0.00510.